The molecule has 0 unspecified atom stereocenters. The molecular formula is C29H31Cl2SiZr-3. The molecule has 0 aliphatic carbocycles. The topological polar surface area (TPSA) is 0 Å². The fourth-order valence-corrected chi connectivity index (χ4v) is 3.32. The molecule has 0 nitrogen and oxygen atoms in total. The number of aryl methyl sites for hydroxylation is 2. The molecule has 0 atom stereocenters. The summed E-state index contributed by atoms with van der Waals surface area (Å²) in [4.78, 5) is 0. The second-order valence-corrected chi connectivity index (χ2v) is 7.18. The summed E-state index contributed by atoms with van der Waals surface area (Å²) in [6, 6.07) is 35.9. The fraction of sp³-hybridized carbons (Fsp3) is 0.138. The molecular weight excluding hydrogens is 539 g/mol. The van der Waals surface area contributed by atoms with Crippen LogP contribution in [0.15, 0.2) is 103 Å². The van der Waals surface area contributed by atoms with Crippen molar-refractivity contribution in [2.45, 2.75) is 26.7 Å². The Morgan fingerprint density at radius 2 is 1.00 bits per heavy atom. The third kappa shape index (κ3) is 10.5. The number of halogens is 2. The summed E-state index contributed by atoms with van der Waals surface area (Å²) in [5.74, 6) is 0. The van der Waals surface area contributed by atoms with E-state index in [1.165, 1.54) is 56.0 Å². The van der Waals surface area contributed by atoms with Gasteiger partial charge in [-0.25, -0.2) is 0 Å². The fourth-order valence-electron chi connectivity index (χ4n) is 3.32. The Kier molecular flexibility index (Phi) is 17.0. The predicted molar refractivity (Wildman–Crippen MR) is 149 cm³/mol. The molecule has 2 radical (unpaired) electrons. The molecule has 0 amide bonds. The van der Waals surface area contributed by atoms with E-state index in [1.54, 1.807) is 0 Å². The molecule has 0 aromatic heterocycles. The van der Waals surface area contributed by atoms with E-state index in [-0.39, 0.29) is 24.8 Å². The van der Waals surface area contributed by atoms with E-state index in [4.69, 9.17) is 0 Å². The van der Waals surface area contributed by atoms with Crippen molar-refractivity contribution in [1.29, 1.82) is 0 Å². The first-order valence-corrected chi connectivity index (χ1v) is 14.8. The summed E-state index contributed by atoms with van der Waals surface area (Å²) >= 11 is 1.36. The average molecular weight is 570 g/mol. The SMILES string of the molecule is CCc1cc2ccccc2[cH-]1.CCc1cc2ccccc2[cH-]1.Cl.Cl.[CH2-]c1ccccc1.[Si]=[Zr]. The van der Waals surface area contributed by atoms with Gasteiger partial charge in [-0.1, -0.05) is 32.0 Å². The van der Waals surface area contributed by atoms with E-state index in [0.717, 1.165) is 18.4 Å². The number of hydrogen-bond acceptors (Lipinski definition) is 0. The Morgan fingerprint density at radius 1 is 0.636 bits per heavy atom. The predicted octanol–water partition coefficient (Wildman–Crippen LogP) is 8.57. The monoisotopic (exact) mass is 567 g/mol. The maximum atomic E-state index is 3.72. The van der Waals surface area contributed by atoms with Crippen LogP contribution in [-0.2, 0) is 36.2 Å². The van der Waals surface area contributed by atoms with Crippen LogP contribution >= 0.6 is 24.8 Å². The van der Waals surface area contributed by atoms with Gasteiger partial charge < -0.3 is 0 Å². The van der Waals surface area contributed by atoms with E-state index < -0.39 is 0 Å². The van der Waals surface area contributed by atoms with Crippen LogP contribution in [0.5, 0.6) is 0 Å². The van der Waals surface area contributed by atoms with Gasteiger partial charge in [0.15, 0.2) is 0 Å². The first kappa shape index (κ1) is 31.4. The van der Waals surface area contributed by atoms with Crippen LogP contribution in [0.4, 0.5) is 0 Å². The van der Waals surface area contributed by atoms with Gasteiger partial charge in [-0.15, -0.1) is 118 Å². The Hall–Kier alpha value is -1.57. The van der Waals surface area contributed by atoms with Crippen LogP contribution in [0.3, 0.4) is 0 Å². The number of rotatable bonds is 2. The Bertz CT molecular complexity index is 1020. The van der Waals surface area contributed by atoms with Gasteiger partial charge in [0.25, 0.3) is 0 Å². The molecule has 0 bridgehead atoms. The molecule has 5 aromatic rings. The molecule has 0 heterocycles. The first-order chi connectivity index (χ1) is 15.2. The zero-order chi connectivity index (χ0) is 22.5. The molecule has 0 aliphatic heterocycles. The third-order valence-electron chi connectivity index (χ3n) is 5.01. The molecule has 0 saturated heterocycles. The molecule has 0 N–H and O–H groups in total. The van der Waals surface area contributed by atoms with Gasteiger partial charge in [-0.2, -0.15) is 36.8 Å². The van der Waals surface area contributed by atoms with Crippen LogP contribution in [-0.4, -0.2) is 6.88 Å². The summed E-state index contributed by atoms with van der Waals surface area (Å²) in [5, 5.41) is 5.46. The molecule has 5 rings (SSSR count). The number of hydrogen-bond donors (Lipinski definition) is 0. The summed E-state index contributed by atoms with van der Waals surface area (Å²) < 4.78 is 0. The van der Waals surface area contributed by atoms with E-state index >= 15 is 0 Å². The quantitative estimate of drug-likeness (QED) is 0.148. The van der Waals surface area contributed by atoms with Crippen molar-refractivity contribution in [3.8, 4) is 0 Å². The summed E-state index contributed by atoms with van der Waals surface area (Å²) in [6.45, 7) is 11.2. The van der Waals surface area contributed by atoms with E-state index in [2.05, 4.69) is 100 Å². The van der Waals surface area contributed by atoms with Crippen molar-refractivity contribution >= 4 is 53.2 Å². The number of benzene rings is 3. The van der Waals surface area contributed by atoms with Crippen LogP contribution < -0.4 is 0 Å². The van der Waals surface area contributed by atoms with Gasteiger partial charge in [-0.3, -0.25) is 0 Å². The van der Waals surface area contributed by atoms with Gasteiger partial charge in [0.2, 0.25) is 0 Å². The Morgan fingerprint density at radius 3 is 1.30 bits per heavy atom. The molecule has 4 heteroatoms. The molecule has 5 aromatic carbocycles. The summed E-state index contributed by atoms with van der Waals surface area (Å²) in [6.07, 6.45) is 2.27. The molecule has 33 heavy (non-hydrogen) atoms. The Labute approximate surface area is 228 Å². The second kappa shape index (κ2) is 17.8. The molecule has 0 fully saturated rings. The van der Waals surface area contributed by atoms with Gasteiger partial charge in [0.1, 0.15) is 0 Å². The second-order valence-electron chi connectivity index (χ2n) is 7.18. The minimum absolute atomic E-state index is 0. The molecule has 0 saturated carbocycles. The standard InChI is InChI=1S/2C11H11.C7H7.2ClH.Si.Zr/c2*1-2-9-7-10-5-3-4-6-11(10)8-9;1-7-5-3-2-4-6-7;;;;/h2*3-8H,2H2,1H3;2-6H,1H2;2*1H;;/q3*-1;;;;. The average Bonchev–Trinajstić information content (AvgIpc) is 3.45. The van der Waals surface area contributed by atoms with Crippen LogP contribution in [0.1, 0.15) is 30.5 Å². The molecule has 0 aliphatic rings. The van der Waals surface area contributed by atoms with E-state index in [0.29, 0.717) is 0 Å². The van der Waals surface area contributed by atoms with E-state index in [1.807, 2.05) is 30.3 Å². The van der Waals surface area contributed by atoms with Crippen molar-refractivity contribution in [3.63, 3.8) is 0 Å². The van der Waals surface area contributed by atoms with Crippen molar-refractivity contribution in [3.05, 3.63) is 127 Å². The van der Waals surface area contributed by atoms with Gasteiger partial charge in [-0.05, 0) is 12.8 Å². The Balaban J connectivity index is 0.000000446. The normalized spacial score (nSPS) is 9.00. The van der Waals surface area contributed by atoms with E-state index in [9.17, 15) is 0 Å². The molecule has 172 valence electrons. The van der Waals surface area contributed by atoms with Crippen molar-refractivity contribution < 1.29 is 23.3 Å². The zero-order valence-electron chi connectivity index (χ0n) is 19.3. The first-order valence-electron chi connectivity index (χ1n) is 10.6. The van der Waals surface area contributed by atoms with Crippen LogP contribution in [0.2, 0.25) is 0 Å². The minimum atomic E-state index is 0. The van der Waals surface area contributed by atoms with Gasteiger partial charge in [0, 0.05) is 0 Å². The van der Waals surface area contributed by atoms with Crippen molar-refractivity contribution in [1.82, 2.24) is 0 Å². The van der Waals surface area contributed by atoms with Crippen molar-refractivity contribution in [2.24, 2.45) is 0 Å². The molecule has 0 spiro atoms. The van der Waals surface area contributed by atoms with Gasteiger partial charge in [0.05, 0.1) is 0 Å². The zero-order valence-corrected chi connectivity index (χ0v) is 24.3. The van der Waals surface area contributed by atoms with Crippen LogP contribution in [0.25, 0.3) is 21.5 Å². The third-order valence-corrected chi connectivity index (χ3v) is 5.01. The van der Waals surface area contributed by atoms with Crippen molar-refractivity contribution in [2.75, 3.05) is 0 Å². The maximum absolute atomic E-state index is 3.72. The summed E-state index contributed by atoms with van der Waals surface area (Å²) in [7, 11) is 0. The van der Waals surface area contributed by atoms with Crippen LogP contribution in [0, 0.1) is 6.92 Å². The summed E-state index contributed by atoms with van der Waals surface area (Å²) in [5.41, 5.74) is 3.94. The van der Waals surface area contributed by atoms with Gasteiger partial charge >= 0.3 is 30.2 Å². The number of fused-ring (bicyclic) bond motifs is 2.